The predicted molar refractivity (Wildman–Crippen MR) is 93.9 cm³/mol. The van der Waals surface area contributed by atoms with Gasteiger partial charge in [-0.3, -0.25) is 4.79 Å². The molecule has 3 aromatic rings. The maximum absolute atomic E-state index is 12.2. The summed E-state index contributed by atoms with van der Waals surface area (Å²) in [6.07, 6.45) is 1.60. The molecule has 0 fully saturated rings. The first-order valence-electron chi connectivity index (χ1n) is 7.44. The van der Waals surface area contributed by atoms with Crippen LogP contribution in [0.5, 0.6) is 0 Å². The molecule has 24 heavy (non-hydrogen) atoms. The average Bonchev–Trinajstić information content (AvgIpc) is 2.62. The number of aromatic nitrogens is 2. The van der Waals surface area contributed by atoms with Gasteiger partial charge >= 0.3 is 0 Å². The summed E-state index contributed by atoms with van der Waals surface area (Å²) < 4.78 is 0. The summed E-state index contributed by atoms with van der Waals surface area (Å²) in [5.41, 5.74) is 14.6. The van der Waals surface area contributed by atoms with E-state index in [2.05, 4.69) is 15.3 Å². The molecular formula is C18H17N5O. The number of carbonyl (C=O) groups excluding carboxylic acids is 1. The minimum atomic E-state index is -0.715. The molecule has 6 heteroatoms. The first-order valence-corrected chi connectivity index (χ1v) is 7.44. The van der Waals surface area contributed by atoms with Crippen LogP contribution in [0.15, 0.2) is 66.9 Å². The third-order valence-corrected chi connectivity index (χ3v) is 3.56. The van der Waals surface area contributed by atoms with Gasteiger partial charge in [-0.05, 0) is 23.8 Å². The fourth-order valence-corrected chi connectivity index (χ4v) is 2.29. The fourth-order valence-electron chi connectivity index (χ4n) is 2.29. The minimum Gasteiger partial charge on any atom is -0.368 e. The zero-order valence-electron chi connectivity index (χ0n) is 12.9. The van der Waals surface area contributed by atoms with Gasteiger partial charge in [-0.2, -0.15) is 0 Å². The molecule has 1 amide bonds. The molecule has 0 aliphatic carbocycles. The summed E-state index contributed by atoms with van der Waals surface area (Å²) in [6.45, 7) is 0. The molecule has 0 bridgehead atoms. The lowest BCUT2D eigenvalue weighted by molar-refractivity contribution is -0.117. The lowest BCUT2D eigenvalue weighted by Crippen LogP contribution is -2.27. The topological polar surface area (TPSA) is 107 Å². The second-order valence-corrected chi connectivity index (χ2v) is 5.26. The molecule has 2 aromatic carbocycles. The van der Waals surface area contributed by atoms with Crippen LogP contribution in [-0.4, -0.2) is 15.9 Å². The van der Waals surface area contributed by atoms with Crippen LogP contribution in [0.3, 0.4) is 0 Å². The van der Waals surface area contributed by atoms with Crippen molar-refractivity contribution in [2.75, 3.05) is 11.1 Å². The van der Waals surface area contributed by atoms with Crippen molar-refractivity contribution in [3.8, 4) is 11.3 Å². The molecule has 0 spiro atoms. The van der Waals surface area contributed by atoms with E-state index in [1.807, 2.05) is 42.5 Å². The van der Waals surface area contributed by atoms with Crippen molar-refractivity contribution in [1.82, 2.24) is 9.97 Å². The first kappa shape index (κ1) is 15.6. The Labute approximate surface area is 139 Å². The number of benzene rings is 2. The highest BCUT2D eigenvalue weighted by Crippen LogP contribution is 2.20. The maximum atomic E-state index is 12.2. The zero-order chi connectivity index (χ0) is 16.9. The molecule has 3 rings (SSSR count). The van der Waals surface area contributed by atoms with Crippen molar-refractivity contribution in [3.63, 3.8) is 0 Å². The highest BCUT2D eigenvalue weighted by Gasteiger charge is 2.15. The fraction of sp³-hybridized carbons (Fsp3) is 0.0556. The molecule has 0 aliphatic rings. The number of hydrogen-bond donors (Lipinski definition) is 3. The molecule has 6 nitrogen and oxygen atoms in total. The van der Waals surface area contributed by atoms with E-state index < -0.39 is 6.04 Å². The molecule has 0 aliphatic heterocycles. The van der Waals surface area contributed by atoms with Crippen LogP contribution < -0.4 is 16.8 Å². The Morgan fingerprint density at radius 3 is 2.38 bits per heavy atom. The van der Waals surface area contributed by atoms with Crippen LogP contribution in [0.1, 0.15) is 11.6 Å². The number of rotatable bonds is 4. The molecular weight excluding hydrogens is 302 g/mol. The van der Waals surface area contributed by atoms with Gasteiger partial charge in [-0.25, -0.2) is 9.97 Å². The Hall–Kier alpha value is -3.25. The Morgan fingerprint density at radius 1 is 1.00 bits per heavy atom. The summed E-state index contributed by atoms with van der Waals surface area (Å²) in [5.74, 6) is -0.0426. The molecule has 120 valence electrons. The lowest BCUT2D eigenvalue weighted by atomic mass is 10.1. The normalized spacial score (nSPS) is 11.7. The quantitative estimate of drug-likeness (QED) is 0.684. The second-order valence-electron chi connectivity index (χ2n) is 5.26. The number of nitrogens with two attached hydrogens (primary N) is 2. The molecule has 0 saturated carbocycles. The van der Waals surface area contributed by atoms with Crippen LogP contribution in [0.2, 0.25) is 0 Å². The van der Waals surface area contributed by atoms with Crippen molar-refractivity contribution in [2.45, 2.75) is 6.04 Å². The molecule has 0 radical (unpaired) electrons. The van der Waals surface area contributed by atoms with Gasteiger partial charge in [0.1, 0.15) is 6.04 Å². The van der Waals surface area contributed by atoms with Crippen LogP contribution in [0.4, 0.5) is 11.6 Å². The van der Waals surface area contributed by atoms with Gasteiger partial charge < -0.3 is 16.8 Å². The van der Waals surface area contributed by atoms with E-state index in [4.69, 9.17) is 11.5 Å². The molecule has 0 unspecified atom stereocenters. The SMILES string of the molecule is Nc1nccc(-c2ccc(NC(=O)[C@@H](N)c3ccccc3)cc2)n1. The maximum Gasteiger partial charge on any atom is 0.245 e. The highest BCUT2D eigenvalue weighted by atomic mass is 16.2. The molecule has 1 atom stereocenters. The standard InChI is InChI=1S/C18H17N5O/c19-16(13-4-2-1-3-5-13)17(24)22-14-8-6-12(7-9-14)15-10-11-21-18(20)23-15/h1-11,16H,19H2,(H,22,24)(H2,20,21,23)/t16-/m0/s1. The van der Waals surface area contributed by atoms with Crippen LogP contribution >= 0.6 is 0 Å². The number of nitrogens with zero attached hydrogens (tertiary/aromatic N) is 2. The van der Waals surface area contributed by atoms with E-state index in [0.717, 1.165) is 16.8 Å². The van der Waals surface area contributed by atoms with Gasteiger partial charge in [0, 0.05) is 17.4 Å². The van der Waals surface area contributed by atoms with Gasteiger partial charge in [-0.15, -0.1) is 0 Å². The lowest BCUT2D eigenvalue weighted by Gasteiger charge is -2.13. The monoisotopic (exact) mass is 319 g/mol. The summed E-state index contributed by atoms with van der Waals surface area (Å²) in [6, 6.07) is 17.6. The van der Waals surface area contributed by atoms with E-state index in [-0.39, 0.29) is 11.9 Å². The second kappa shape index (κ2) is 6.89. The van der Waals surface area contributed by atoms with Crippen molar-refractivity contribution >= 4 is 17.5 Å². The van der Waals surface area contributed by atoms with Gasteiger partial charge in [-0.1, -0.05) is 42.5 Å². The zero-order valence-corrected chi connectivity index (χ0v) is 12.9. The largest absolute Gasteiger partial charge is 0.368 e. The van der Waals surface area contributed by atoms with E-state index in [9.17, 15) is 4.79 Å². The van der Waals surface area contributed by atoms with Gasteiger partial charge in [0.25, 0.3) is 0 Å². The number of anilines is 2. The Morgan fingerprint density at radius 2 is 1.71 bits per heavy atom. The minimum absolute atomic E-state index is 0.221. The van der Waals surface area contributed by atoms with Crippen LogP contribution in [-0.2, 0) is 4.79 Å². The number of carbonyl (C=O) groups is 1. The molecule has 5 N–H and O–H groups in total. The Bertz CT molecular complexity index is 834. The summed E-state index contributed by atoms with van der Waals surface area (Å²) in [4.78, 5) is 20.3. The first-order chi connectivity index (χ1) is 11.6. The summed E-state index contributed by atoms with van der Waals surface area (Å²) in [7, 11) is 0. The third-order valence-electron chi connectivity index (χ3n) is 3.56. The number of nitrogens with one attached hydrogen (secondary N) is 1. The van der Waals surface area contributed by atoms with E-state index in [1.165, 1.54) is 0 Å². The van der Waals surface area contributed by atoms with Gasteiger partial charge in [0.15, 0.2) is 0 Å². The van der Waals surface area contributed by atoms with Crippen molar-refractivity contribution in [1.29, 1.82) is 0 Å². The summed E-state index contributed by atoms with van der Waals surface area (Å²) >= 11 is 0. The number of nitrogen functional groups attached to an aromatic ring is 1. The van der Waals surface area contributed by atoms with Crippen LogP contribution in [0, 0.1) is 0 Å². The summed E-state index contributed by atoms with van der Waals surface area (Å²) in [5, 5.41) is 2.81. The smallest absolute Gasteiger partial charge is 0.245 e. The average molecular weight is 319 g/mol. The Kier molecular flexibility index (Phi) is 4.49. The van der Waals surface area contributed by atoms with Gasteiger partial charge in [0.05, 0.1) is 5.69 Å². The van der Waals surface area contributed by atoms with E-state index in [0.29, 0.717) is 5.69 Å². The molecule has 1 aromatic heterocycles. The van der Waals surface area contributed by atoms with E-state index >= 15 is 0 Å². The van der Waals surface area contributed by atoms with Crippen molar-refractivity contribution in [3.05, 3.63) is 72.4 Å². The number of hydrogen-bond acceptors (Lipinski definition) is 5. The highest BCUT2D eigenvalue weighted by molar-refractivity contribution is 5.95. The molecule has 0 saturated heterocycles. The number of amides is 1. The van der Waals surface area contributed by atoms with Crippen LogP contribution in [0.25, 0.3) is 11.3 Å². The van der Waals surface area contributed by atoms with Gasteiger partial charge in [0.2, 0.25) is 11.9 Å². The van der Waals surface area contributed by atoms with Crippen molar-refractivity contribution in [2.24, 2.45) is 5.73 Å². The third kappa shape index (κ3) is 3.56. The van der Waals surface area contributed by atoms with E-state index in [1.54, 1.807) is 24.4 Å². The molecule has 1 heterocycles. The predicted octanol–water partition coefficient (Wildman–Crippen LogP) is 2.36. The van der Waals surface area contributed by atoms with Crippen molar-refractivity contribution < 1.29 is 4.79 Å². The Balaban J connectivity index is 1.71.